The van der Waals surface area contributed by atoms with E-state index in [0.29, 0.717) is 17.9 Å². The number of hydrogen-bond acceptors (Lipinski definition) is 5. The Labute approximate surface area is 167 Å². The lowest BCUT2D eigenvalue weighted by Crippen LogP contribution is -2.34. The van der Waals surface area contributed by atoms with Gasteiger partial charge in [0.2, 0.25) is 5.91 Å². The number of hydrogen-bond donors (Lipinski definition) is 1. The molecule has 0 unspecified atom stereocenters. The molecule has 0 bridgehead atoms. The van der Waals surface area contributed by atoms with Gasteiger partial charge < -0.3 is 20.1 Å². The number of anilines is 1. The van der Waals surface area contributed by atoms with Crippen molar-refractivity contribution in [2.24, 2.45) is 5.73 Å². The second-order valence-electron chi connectivity index (χ2n) is 5.93. The molecule has 0 fully saturated rings. The van der Waals surface area contributed by atoms with E-state index >= 15 is 0 Å². The van der Waals surface area contributed by atoms with Gasteiger partial charge in [-0.3, -0.25) is 9.59 Å². The van der Waals surface area contributed by atoms with Gasteiger partial charge in [-0.1, -0.05) is 6.07 Å². The zero-order chi connectivity index (χ0) is 19.9. The van der Waals surface area contributed by atoms with E-state index in [1.807, 2.05) is 41.8 Å². The second-order valence-corrected chi connectivity index (χ2v) is 6.97. The van der Waals surface area contributed by atoms with Crippen LogP contribution in [0, 0.1) is 0 Å². The van der Waals surface area contributed by atoms with Crippen LogP contribution in [0.25, 0.3) is 0 Å². The number of nitrogens with two attached hydrogens (primary N) is 1. The Balaban J connectivity index is 1.72. The molecule has 1 aromatic heterocycles. The fraction of sp³-hybridized carbons (Fsp3) is 0.143. The SMILES string of the molecule is COc1ccc(N(Cc2cccs2)C(=O)COc2ccc(C(N)=O)cc2)cc1. The lowest BCUT2D eigenvalue weighted by Gasteiger charge is -2.22. The van der Waals surface area contributed by atoms with Gasteiger partial charge in [0, 0.05) is 16.1 Å². The van der Waals surface area contributed by atoms with E-state index in [2.05, 4.69) is 0 Å². The number of amides is 2. The van der Waals surface area contributed by atoms with Crippen LogP contribution >= 0.6 is 11.3 Å². The van der Waals surface area contributed by atoms with Gasteiger partial charge in [0.15, 0.2) is 6.61 Å². The van der Waals surface area contributed by atoms with Crippen molar-refractivity contribution >= 4 is 28.8 Å². The Bertz CT molecular complexity index is 922. The maximum Gasteiger partial charge on any atom is 0.265 e. The smallest absolute Gasteiger partial charge is 0.265 e. The van der Waals surface area contributed by atoms with Crippen molar-refractivity contribution in [1.82, 2.24) is 0 Å². The van der Waals surface area contributed by atoms with Gasteiger partial charge in [-0.15, -0.1) is 11.3 Å². The minimum absolute atomic E-state index is 0.132. The van der Waals surface area contributed by atoms with Crippen LogP contribution in [0.3, 0.4) is 0 Å². The molecule has 6 nitrogen and oxygen atoms in total. The molecule has 28 heavy (non-hydrogen) atoms. The van der Waals surface area contributed by atoms with Crippen molar-refractivity contribution in [3.63, 3.8) is 0 Å². The lowest BCUT2D eigenvalue weighted by atomic mass is 10.2. The summed E-state index contributed by atoms with van der Waals surface area (Å²) in [4.78, 5) is 26.7. The molecule has 0 aliphatic heterocycles. The molecule has 0 saturated carbocycles. The summed E-state index contributed by atoms with van der Waals surface area (Å²) < 4.78 is 10.8. The van der Waals surface area contributed by atoms with Gasteiger partial charge in [0.25, 0.3) is 5.91 Å². The summed E-state index contributed by atoms with van der Waals surface area (Å²) in [5.41, 5.74) is 6.37. The molecule has 0 spiro atoms. The molecule has 1 heterocycles. The number of thiophene rings is 1. The molecule has 7 heteroatoms. The molecule has 2 aromatic carbocycles. The van der Waals surface area contributed by atoms with Crippen LogP contribution in [0.1, 0.15) is 15.2 Å². The van der Waals surface area contributed by atoms with E-state index in [0.717, 1.165) is 16.3 Å². The molecule has 2 N–H and O–H groups in total. The number of ether oxygens (including phenoxy) is 2. The standard InChI is InChI=1S/C21H20N2O4S/c1-26-17-10-6-16(7-11-17)23(13-19-3-2-12-28-19)20(24)14-27-18-8-4-15(5-9-18)21(22)25/h2-12H,13-14H2,1H3,(H2,22,25). The highest BCUT2D eigenvalue weighted by molar-refractivity contribution is 7.09. The van der Waals surface area contributed by atoms with E-state index in [1.165, 1.54) is 0 Å². The zero-order valence-electron chi connectivity index (χ0n) is 15.3. The van der Waals surface area contributed by atoms with E-state index in [9.17, 15) is 9.59 Å². The van der Waals surface area contributed by atoms with Gasteiger partial charge in [0.1, 0.15) is 11.5 Å². The van der Waals surface area contributed by atoms with E-state index < -0.39 is 5.91 Å². The Morgan fingerprint density at radius 2 is 1.68 bits per heavy atom. The third kappa shape index (κ3) is 4.89. The van der Waals surface area contributed by atoms with Crippen molar-refractivity contribution in [2.75, 3.05) is 18.6 Å². The fourth-order valence-corrected chi connectivity index (χ4v) is 3.28. The molecular weight excluding hydrogens is 376 g/mol. The minimum Gasteiger partial charge on any atom is -0.497 e. The average Bonchev–Trinajstić information content (AvgIpc) is 3.24. The molecule has 3 aromatic rings. The van der Waals surface area contributed by atoms with Crippen molar-refractivity contribution in [1.29, 1.82) is 0 Å². The van der Waals surface area contributed by atoms with Crippen LogP contribution in [0.2, 0.25) is 0 Å². The number of primary amides is 1. The summed E-state index contributed by atoms with van der Waals surface area (Å²) in [6.07, 6.45) is 0. The lowest BCUT2D eigenvalue weighted by molar-refractivity contribution is -0.120. The molecule has 3 rings (SSSR count). The maximum absolute atomic E-state index is 12.9. The first-order chi connectivity index (χ1) is 13.6. The Kier molecular flexibility index (Phi) is 6.29. The van der Waals surface area contributed by atoms with Gasteiger partial charge in [0.05, 0.1) is 13.7 Å². The summed E-state index contributed by atoms with van der Waals surface area (Å²) in [6, 6.07) is 17.6. The predicted octanol–water partition coefficient (Wildman–Crippen LogP) is 3.47. The zero-order valence-corrected chi connectivity index (χ0v) is 16.1. The Hall–Kier alpha value is -3.32. The maximum atomic E-state index is 12.9. The van der Waals surface area contributed by atoms with Crippen LogP contribution in [-0.4, -0.2) is 25.5 Å². The first-order valence-corrected chi connectivity index (χ1v) is 9.44. The van der Waals surface area contributed by atoms with E-state index in [-0.39, 0.29) is 12.5 Å². The van der Waals surface area contributed by atoms with Crippen molar-refractivity contribution in [3.05, 3.63) is 76.5 Å². The highest BCUT2D eigenvalue weighted by Crippen LogP contribution is 2.23. The van der Waals surface area contributed by atoms with E-state index in [4.69, 9.17) is 15.2 Å². The first kappa shape index (κ1) is 19.4. The topological polar surface area (TPSA) is 81.9 Å². The minimum atomic E-state index is -0.510. The number of carbonyl (C=O) groups excluding carboxylic acids is 2. The monoisotopic (exact) mass is 396 g/mol. The molecular formula is C21H20N2O4S. The largest absolute Gasteiger partial charge is 0.497 e. The number of methoxy groups -OCH3 is 1. The summed E-state index contributed by atoms with van der Waals surface area (Å²) in [5, 5.41) is 1.98. The number of benzene rings is 2. The molecule has 144 valence electrons. The van der Waals surface area contributed by atoms with Crippen molar-refractivity contribution in [2.45, 2.75) is 6.54 Å². The third-order valence-electron chi connectivity index (χ3n) is 4.08. The Morgan fingerprint density at radius 3 is 2.25 bits per heavy atom. The predicted molar refractivity (Wildman–Crippen MR) is 109 cm³/mol. The quantitative estimate of drug-likeness (QED) is 0.632. The molecule has 2 amide bonds. The molecule has 0 atom stereocenters. The van der Waals surface area contributed by atoms with Crippen LogP contribution in [-0.2, 0) is 11.3 Å². The highest BCUT2D eigenvalue weighted by atomic mass is 32.1. The van der Waals surface area contributed by atoms with E-state index in [1.54, 1.807) is 47.6 Å². The van der Waals surface area contributed by atoms with Gasteiger partial charge in [-0.2, -0.15) is 0 Å². The number of rotatable bonds is 8. The number of carbonyl (C=O) groups is 2. The summed E-state index contributed by atoms with van der Waals surface area (Å²) in [7, 11) is 1.60. The average molecular weight is 396 g/mol. The molecule has 0 radical (unpaired) electrons. The normalized spacial score (nSPS) is 10.3. The first-order valence-electron chi connectivity index (χ1n) is 8.56. The van der Waals surface area contributed by atoms with Crippen LogP contribution in [0.4, 0.5) is 5.69 Å². The summed E-state index contributed by atoms with van der Waals surface area (Å²) >= 11 is 1.59. The van der Waals surface area contributed by atoms with Crippen LogP contribution < -0.4 is 20.1 Å². The van der Waals surface area contributed by atoms with Gasteiger partial charge in [-0.05, 0) is 60.0 Å². The van der Waals surface area contributed by atoms with Crippen LogP contribution in [0.5, 0.6) is 11.5 Å². The fourth-order valence-electron chi connectivity index (χ4n) is 2.58. The van der Waals surface area contributed by atoms with Gasteiger partial charge in [-0.25, -0.2) is 0 Å². The second kappa shape index (κ2) is 9.05. The molecule has 0 aliphatic carbocycles. The van der Waals surface area contributed by atoms with Gasteiger partial charge >= 0.3 is 0 Å². The number of nitrogens with zero attached hydrogens (tertiary/aromatic N) is 1. The molecule has 0 saturated heterocycles. The van der Waals surface area contributed by atoms with Crippen LogP contribution in [0.15, 0.2) is 66.0 Å². The third-order valence-corrected chi connectivity index (χ3v) is 4.94. The van der Waals surface area contributed by atoms with Crippen molar-refractivity contribution in [3.8, 4) is 11.5 Å². The summed E-state index contributed by atoms with van der Waals surface area (Å²) in [5.74, 6) is 0.518. The summed E-state index contributed by atoms with van der Waals surface area (Å²) in [6.45, 7) is 0.320. The Morgan fingerprint density at radius 1 is 1.00 bits per heavy atom. The molecule has 0 aliphatic rings. The van der Waals surface area contributed by atoms with Crippen molar-refractivity contribution < 1.29 is 19.1 Å². The highest BCUT2D eigenvalue weighted by Gasteiger charge is 2.18.